The Morgan fingerprint density at radius 3 is 2.24 bits per heavy atom. The molecule has 0 fully saturated rings. The molecular weight excluding hydrogens is 360 g/mol. The molecule has 4 rings (SSSR count). The number of benzene rings is 2. The Morgan fingerprint density at radius 1 is 0.966 bits per heavy atom. The zero-order valence-electron chi connectivity index (χ0n) is 17.8. The molecule has 0 bridgehead atoms. The SMILES string of the molecule is CC.Cc1cccc(C)c1C1=NC(c2ccc(-c3ccn(C)c(=O)c3)cc2)CO1. The Kier molecular flexibility index (Phi) is 6.32. The average Bonchev–Trinajstić information content (AvgIpc) is 3.21. The van der Waals surface area contributed by atoms with Crippen LogP contribution in [0.3, 0.4) is 0 Å². The third-order valence-electron chi connectivity index (χ3n) is 5.08. The summed E-state index contributed by atoms with van der Waals surface area (Å²) in [6, 6.07) is 18.0. The maximum Gasteiger partial charge on any atom is 0.250 e. The first-order valence-electron chi connectivity index (χ1n) is 10.1. The molecule has 29 heavy (non-hydrogen) atoms. The summed E-state index contributed by atoms with van der Waals surface area (Å²) in [4.78, 5) is 16.7. The zero-order chi connectivity index (χ0) is 21.0. The van der Waals surface area contributed by atoms with Crippen LogP contribution in [0.2, 0.25) is 0 Å². The minimum absolute atomic E-state index is 0.00306. The summed E-state index contributed by atoms with van der Waals surface area (Å²) >= 11 is 0. The molecule has 1 aliphatic rings. The van der Waals surface area contributed by atoms with E-state index in [1.807, 2.05) is 32.0 Å². The molecule has 0 aliphatic carbocycles. The highest BCUT2D eigenvalue weighted by atomic mass is 16.5. The van der Waals surface area contributed by atoms with Crippen molar-refractivity contribution in [3.8, 4) is 11.1 Å². The van der Waals surface area contributed by atoms with E-state index in [0.717, 1.165) is 28.2 Å². The fourth-order valence-electron chi connectivity index (χ4n) is 3.46. The average molecular weight is 389 g/mol. The second-order valence-electron chi connectivity index (χ2n) is 7.01. The molecule has 4 nitrogen and oxygen atoms in total. The van der Waals surface area contributed by atoms with Crippen molar-refractivity contribution in [1.29, 1.82) is 0 Å². The molecule has 4 heteroatoms. The molecule has 150 valence electrons. The van der Waals surface area contributed by atoms with Crippen molar-refractivity contribution >= 4 is 5.90 Å². The van der Waals surface area contributed by atoms with E-state index in [1.165, 1.54) is 11.1 Å². The van der Waals surface area contributed by atoms with Crippen molar-refractivity contribution in [1.82, 2.24) is 4.57 Å². The van der Waals surface area contributed by atoms with Crippen LogP contribution >= 0.6 is 0 Å². The van der Waals surface area contributed by atoms with Crippen LogP contribution < -0.4 is 5.56 Å². The smallest absolute Gasteiger partial charge is 0.250 e. The summed E-state index contributed by atoms with van der Waals surface area (Å²) in [6.07, 6.45) is 1.79. The molecule has 0 spiro atoms. The van der Waals surface area contributed by atoms with Gasteiger partial charge in [0.05, 0.1) is 0 Å². The van der Waals surface area contributed by atoms with Gasteiger partial charge in [0.25, 0.3) is 5.56 Å². The Labute approximate surface area is 172 Å². The minimum atomic E-state index is -0.0105. The van der Waals surface area contributed by atoms with Gasteiger partial charge >= 0.3 is 0 Å². The fourth-order valence-corrected chi connectivity index (χ4v) is 3.46. The van der Waals surface area contributed by atoms with Gasteiger partial charge in [-0.05, 0) is 47.7 Å². The van der Waals surface area contributed by atoms with E-state index in [1.54, 1.807) is 23.9 Å². The quantitative estimate of drug-likeness (QED) is 0.618. The lowest BCUT2D eigenvalue weighted by molar-refractivity contribution is 0.319. The van der Waals surface area contributed by atoms with Gasteiger partial charge in [-0.25, -0.2) is 4.99 Å². The summed E-state index contributed by atoms with van der Waals surface area (Å²) in [7, 11) is 1.75. The van der Waals surface area contributed by atoms with Gasteiger partial charge in [0.15, 0.2) is 0 Å². The molecule has 0 amide bonds. The summed E-state index contributed by atoms with van der Waals surface area (Å²) in [5.41, 5.74) is 6.50. The number of rotatable bonds is 3. The number of nitrogens with zero attached hydrogens (tertiary/aromatic N) is 2. The third-order valence-corrected chi connectivity index (χ3v) is 5.08. The van der Waals surface area contributed by atoms with Gasteiger partial charge in [-0.15, -0.1) is 0 Å². The summed E-state index contributed by atoms with van der Waals surface area (Å²) in [6.45, 7) is 8.72. The molecule has 2 heterocycles. The van der Waals surface area contributed by atoms with Crippen molar-refractivity contribution < 1.29 is 4.74 Å². The van der Waals surface area contributed by atoms with E-state index >= 15 is 0 Å². The van der Waals surface area contributed by atoms with Crippen LogP contribution in [0.5, 0.6) is 0 Å². The molecule has 1 aliphatic heterocycles. The lowest BCUT2D eigenvalue weighted by Gasteiger charge is -2.08. The van der Waals surface area contributed by atoms with E-state index in [9.17, 15) is 4.79 Å². The molecule has 2 aromatic carbocycles. The van der Waals surface area contributed by atoms with Gasteiger partial charge in [0, 0.05) is 24.9 Å². The molecule has 0 N–H and O–H groups in total. The highest BCUT2D eigenvalue weighted by Crippen LogP contribution is 2.29. The second-order valence-corrected chi connectivity index (χ2v) is 7.01. The predicted molar refractivity (Wildman–Crippen MR) is 120 cm³/mol. The zero-order valence-corrected chi connectivity index (χ0v) is 17.8. The van der Waals surface area contributed by atoms with Crippen molar-refractivity contribution in [2.75, 3.05) is 6.61 Å². The van der Waals surface area contributed by atoms with Crippen molar-refractivity contribution in [2.45, 2.75) is 33.7 Å². The highest BCUT2D eigenvalue weighted by molar-refractivity contribution is 5.98. The first-order chi connectivity index (χ1) is 14.0. The Bertz CT molecular complexity index is 1060. The standard InChI is InChI=1S/C23H22N2O2.C2H6/c1-15-5-4-6-16(2)22(15)23-24-20(14-27-23)18-9-7-17(8-10-18)19-11-12-25(3)21(26)13-19;1-2/h4-13,20H,14H2,1-3H3;1-2H3. The second kappa shape index (κ2) is 8.91. The van der Waals surface area contributed by atoms with Crippen molar-refractivity contribution in [3.05, 3.63) is 93.4 Å². The van der Waals surface area contributed by atoms with Gasteiger partial charge < -0.3 is 9.30 Å². The molecule has 0 saturated heterocycles. The normalized spacial score (nSPS) is 15.2. The van der Waals surface area contributed by atoms with E-state index in [0.29, 0.717) is 6.61 Å². The van der Waals surface area contributed by atoms with E-state index in [4.69, 9.17) is 9.73 Å². The van der Waals surface area contributed by atoms with Crippen LogP contribution in [0.15, 0.2) is 70.6 Å². The van der Waals surface area contributed by atoms with Crippen LogP contribution in [0.25, 0.3) is 11.1 Å². The van der Waals surface area contributed by atoms with Crippen LogP contribution in [0, 0.1) is 13.8 Å². The highest BCUT2D eigenvalue weighted by Gasteiger charge is 2.23. The van der Waals surface area contributed by atoms with Crippen LogP contribution in [0.1, 0.15) is 42.1 Å². The largest absolute Gasteiger partial charge is 0.475 e. The molecule has 0 saturated carbocycles. The summed E-state index contributed by atoms with van der Waals surface area (Å²) < 4.78 is 7.48. The monoisotopic (exact) mass is 388 g/mol. The lowest BCUT2D eigenvalue weighted by Crippen LogP contribution is -2.14. The molecule has 1 atom stereocenters. The van der Waals surface area contributed by atoms with Gasteiger partial charge in [-0.3, -0.25) is 4.79 Å². The predicted octanol–water partition coefficient (Wildman–Crippen LogP) is 5.21. The fraction of sp³-hybridized carbons (Fsp3) is 0.280. The topological polar surface area (TPSA) is 43.6 Å². The number of hydrogen-bond acceptors (Lipinski definition) is 3. The Morgan fingerprint density at radius 2 is 1.62 bits per heavy atom. The lowest BCUT2D eigenvalue weighted by atomic mass is 10.0. The van der Waals surface area contributed by atoms with Gasteiger partial charge in [0.2, 0.25) is 5.90 Å². The van der Waals surface area contributed by atoms with Crippen LogP contribution in [-0.4, -0.2) is 17.1 Å². The maximum absolute atomic E-state index is 11.8. The molecule has 3 aromatic rings. The summed E-state index contributed by atoms with van der Waals surface area (Å²) in [5.74, 6) is 0.728. The number of pyridine rings is 1. The van der Waals surface area contributed by atoms with E-state index in [2.05, 4.69) is 44.2 Å². The molecule has 1 aromatic heterocycles. The first-order valence-corrected chi connectivity index (χ1v) is 10.1. The number of hydrogen-bond donors (Lipinski definition) is 0. The number of aliphatic imine (C=N–C) groups is 1. The maximum atomic E-state index is 11.8. The van der Waals surface area contributed by atoms with Gasteiger partial charge in [0.1, 0.15) is 12.6 Å². The minimum Gasteiger partial charge on any atom is -0.475 e. The number of aromatic nitrogens is 1. The van der Waals surface area contributed by atoms with E-state index in [-0.39, 0.29) is 11.6 Å². The molecule has 1 unspecified atom stereocenters. The van der Waals surface area contributed by atoms with Crippen molar-refractivity contribution in [2.24, 2.45) is 12.0 Å². The Balaban J connectivity index is 0.00000117. The Hall–Kier alpha value is -3.14. The van der Waals surface area contributed by atoms with Gasteiger partial charge in [-0.1, -0.05) is 56.3 Å². The van der Waals surface area contributed by atoms with Crippen LogP contribution in [0.4, 0.5) is 0 Å². The first kappa shape index (κ1) is 20.6. The number of aryl methyl sites for hydroxylation is 3. The van der Waals surface area contributed by atoms with Crippen molar-refractivity contribution in [3.63, 3.8) is 0 Å². The third kappa shape index (κ3) is 4.32. The van der Waals surface area contributed by atoms with Gasteiger partial charge in [-0.2, -0.15) is 0 Å². The number of ether oxygens (including phenoxy) is 1. The summed E-state index contributed by atoms with van der Waals surface area (Å²) in [5, 5.41) is 0. The molecular formula is C25H28N2O2. The molecule has 0 radical (unpaired) electrons. The van der Waals surface area contributed by atoms with E-state index < -0.39 is 0 Å². The van der Waals surface area contributed by atoms with Crippen LogP contribution in [-0.2, 0) is 11.8 Å².